The minimum atomic E-state index is -0.105. The van der Waals surface area contributed by atoms with Gasteiger partial charge in [-0.05, 0) is 6.07 Å². The second-order valence-electron chi connectivity index (χ2n) is 3.83. The van der Waals surface area contributed by atoms with E-state index in [1.165, 1.54) is 17.0 Å². The predicted octanol–water partition coefficient (Wildman–Crippen LogP) is 1.14. The normalized spacial score (nSPS) is 11.0. The van der Waals surface area contributed by atoms with E-state index in [9.17, 15) is 4.79 Å². The molecule has 0 radical (unpaired) electrons. The van der Waals surface area contributed by atoms with Gasteiger partial charge in [-0.3, -0.25) is 9.20 Å². The third kappa shape index (κ3) is 1.67. The fraction of sp³-hybridized carbons (Fsp3) is 0.0909. The first-order valence-corrected chi connectivity index (χ1v) is 5.56. The van der Waals surface area contributed by atoms with Crippen molar-refractivity contribution < 1.29 is 0 Å². The molecule has 0 N–H and O–H groups in total. The molecule has 7 heteroatoms. The zero-order valence-electron chi connectivity index (χ0n) is 9.41. The third-order valence-electron chi connectivity index (χ3n) is 2.63. The Hall–Kier alpha value is -2.21. The monoisotopic (exact) mass is 261 g/mol. The van der Waals surface area contributed by atoms with Crippen LogP contribution in [-0.4, -0.2) is 24.1 Å². The minimum absolute atomic E-state index is 0.105. The lowest BCUT2D eigenvalue weighted by Crippen LogP contribution is -2.14. The molecule has 0 spiro atoms. The lowest BCUT2D eigenvalue weighted by atomic mass is 10.2. The number of hydrogen-bond donors (Lipinski definition) is 0. The summed E-state index contributed by atoms with van der Waals surface area (Å²) in [6, 6.07) is 4.91. The van der Waals surface area contributed by atoms with Gasteiger partial charge in [-0.2, -0.15) is 0 Å². The van der Waals surface area contributed by atoms with E-state index in [1.54, 1.807) is 29.8 Å². The summed E-state index contributed by atoms with van der Waals surface area (Å²) in [5, 5.41) is 8.38. The molecule has 0 unspecified atom stereocenters. The van der Waals surface area contributed by atoms with Crippen LogP contribution in [0.3, 0.4) is 0 Å². The fourth-order valence-corrected chi connectivity index (χ4v) is 1.80. The van der Waals surface area contributed by atoms with Crippen LogP contribution in [0.1, 0.15) is 0 Å². The van der Waals surface area contributed by atoms with Gasteiger partial charge in [-0.1, -0.05) is 11.6 Å². The maximum Gasteiger partial charge on any atom is 0.250 e. The second-order valence-corrected chi connectivity index (χ2v) is 4.22. The van der Waals surface area contributed by atoms with Gasteiger partial charge >= 0.3 is 0 Å². The zero-order chi connectivity index (χ0) is 12.7. The van der Waals surface area contributed by atoms with Gasteiger partial charge in [0, 0.05) is 30.9 Å². The van der Waals surface area contributed by atoms with Gasteiger partial charge in [0.05, 0.1) is 0 Å². The number of fused-ring (bicyclic) bond motifs is 1. The van der Waals surface area contributed by atoms with Crippen molar-refractivity contribution in [3.8, 4) is 11.4 Å². The Balaban J connectivity index is 2.25. The summed E-state index contributed by atoms with van der Waals surface area (Å²) in [6.45, 7) is 0. The molecule has 18 heavy (non-hydrogen) atoms. The van der Waals surface area contributed by atoms with Gasteiger partial charge in [0.25, 0.3) is 5.56 Å². The average molecular weight is 262 g/mol. The first kappa shape index (κ1) is 10.9. The number of nitrogens with zero attached hydrogens (tertiary/aromatic N) is 5. The van der Waals surface area contributed by atoms with E-state index in [0.717, 1.165) is 0 Å². The molecule has 0 fully saturated rings. The first-order chi connectivity index (χ1) is 8.65. The molecule has 0 aromatic carbocycles. The van der Waals surface area contributed by atoms with Crippen molar-refractivity contribution in [2.45, 2.75) is 0 Å². The highest BCUT2D eigenvalue weighted by Gasteiger charge is 2.09. The highest BCUT2D eigenvalue weighted by molar-refractivity contribution is 6.29. The number of hydrogen-bond acceptors (Lipinski definition) is 4. The van der Waals surface area contributed by atoms with Crippen molar-refractivity contribution in [3.63, 3.8) is 0 Å². The summed E-state index contributed by atoms with van der Waals surface area (Å²) in [5.41, 5.74) is 1.17. The van der Waals surface area contributed by atoms with Gasteiger partial charge in [-0.15, -0.1) is 10.2 Å². The minimum Gasteiger partial charge on any atom is -0.319 e. The third-order valence-corrected chi connectivity index (χ3v) is 2.84. The number of pyridine rings is 1. The molecule has 0 saturated heterocycles. The summed E-state index contributed by atoms with van der Waals surface area (Å²) < 4.78 is 3.17. The number of rotatable bonds is 1. The molecule has 0 aliphatic rings. The van der Waals surface area contributed by atoms with E-state index in [2.05, 4.69) is 15.2 Å². The molecular weight excluding hydrogens is 254 g/mol. The van der Waals surface area contributed by atoms with E-state index in [-0.39, 0.29) is 5.56 Å². The molecule has 3 rings (SSSR count). The van der Waals surface area contributed by atoms with Crippen LogP contribution in [0.5, 0.6) is 0 Å². The Kier molecular flexibility index (Phi) is 2.38. The molecule has 0 saturated carbocycles. The van der Waals surface area contributed by atoms with Gasteiger partial charge in [0.1, 0.15) is 11.5 Å². The van der Waals surface area contributed by atoms with E-state index < -0.39 is 0 Å². The molecule has 0 aliphatic heterocycles. The van der Waals surface area contributed by atoms with Crippen molar-refractivity contribution in [1.82, 2.24) is 24.1 Å². The van der Waals surface area contributed by atoms with E-state index >= 15 is 0 Å². The largest absolute Gasteiger partial charge is 0.319 e. The standard InChI is InChI=1S/C11H8ClN5O/c1-16-3-2-7(4-10(16)18)11-15-14-9-5-8(12)13-6-17(9)11/h2-6H,1H3. The lowest BCUT2D eigenvalue weighted by molar-refractivity contribution is 0.860. The first-order valence-electron chi connectivity index (χ1n) is 5.18. The maximum atomic E-state index is 11.6. The van der Waals surface area contributed by atoms with Crippen LogP contribution in [0.2, 0.25) is 5.15 Å². The second kappa shape index (κ2) is 3.92. The number of aryl methyl sites for hydroxylation is 1. The fourth-order valence-electron chi connectivity index (χ4n) is 1.66. The Labute approximate surface area is 106 Å². The SMILES string of the molecule is Cn1ccc(-c2nnc3cc(Cl)ncn23)cc1=O. The summed E-state index contributed by atoms with van der Waals surface area (Å²) >= 11 is 5.77. The highest BCUT2D eigenvalue weighted by Crippen LogP contribution is 2.17. The quantitative estimate of drug-likeness (QED) is 0.616. The summed E-state index contributed by atoms with van der Waals surface area (Å²) in [5.74, 6) is 0.562. The van der Waals surface area contributed by atoms with Crippen LogP contribution >= 0.6 is 11.6 Å². The number of halogens is 1. The van der Waals surface area contributed by atoms with Gasteiger partial charge in [-0.25, -0.2) is 4.98 Å². The molecule has 3 aromatic rings. The molecule has 3 heterocycles. The maximum absolute atomic E-state index is 11.6. The van der Waals surface area contributed by atoms with Gasteiger partial charge < -0.3 is 4.57 Å². The van der Waals surface area contributed by atoms with Gasteiger partial charge in [0.2, 0.25) is 0 Å². The van der Waals surface area contributed by atoms with Crippen LogP contribution in [0.4, 0.5) is 0 Å². The molecule has 0 atom stereocenters. The molecular formula is C11H8ClN5O. The van der Waals surface area contributed by atoms with E-state index in [1.807, 2.05) is 0 Å². The Bertz CT molecular complexity index is 791. The molecule has 90 valence electrons. The summed E-state index contributed by atoms with van der Waals surface area (Å²) in [7, 11) is 1.69. The van der Waals surface area contributed by atoms with E-state index in [4.69, 9.17) is 11.6 Å². The Morgan fingerprint density at radius 2 is 2.11 bits per heavy atom. The van der Waals surface area contributed by atoms with E-state index in [0.29, 0.717) is 22.2 Å². The van der Waals surface area contributed by atoms with Gasteiger partial charge in [0.15, 0.2) is 11.5 Å². The zero-order valence-corrected chi connectivity index (χ0v) is 10.2. The molecule has 0 amide bonds. The van der Waals surface area contributed by atoms with Crippen molar-refractivity contribution in [2.75, 3.05) is 0 Å². The van der Waals surface area contributed by atoms with Crippen molar-refractivity contribution in [3.05, 3.63) is 46.2 Å². The predicted molar refractivity (Wildman–Crippen MR) is 66.5 cm³/mol. The van der Waals surface area contributed by atoms with Crippen LogP contribution in [0.15, 0.2) is 35.5 Å². The van der Waals surface area contributed by atoms with Crippen LogP contribution in [0.25, 0.3) is 17.0 Å². The van der Waals surface area contributed by atoms with Crippen molar-refractivity contribution in [1.29, 1.82) is 0 Å². The van der Waals surface area contributed by atoms with Crippen molar-refractivity contribution in [2.24, 2.45) is 7.05 Å². The van der Waals surface area contributed by atoms with Crippen LogP contribution in [-0.2, 0) is 7.05 Å². The Morgan fingerprint density at radius 1 is 1.28 bits per heavy atom. The average Bonchev–Trinajstić information content (AvgIpc) is 2.75. The topological polar surface area (TPSA) is 65.1 Å². The highest BCUT2D eigenvalue weighted by atomic mass is 35.5. The van der Waals surface area contributed by atoms with Crippen molar-refractivity contribution >= 4 is 17.2 Å². The van der Waals surface area contributed by atoms with Crippen LogP contribution in [0, 0.1) is 0 Å². The smallest absolute Gasteiger partial charge is 0.250 e. The lowest BCUT2D eigenvalue weighted by Gasteiger charge is -2.01. The summed E-state index contributed by atoms with van der Waals surface area (Å²) in [6.07, 6.45) is 3.21. The number of aromatic nitrogens is 5. The van der Waals surface area contributed by atoms with Crippen LogP contribution < -0.4 is 5.56 Å². The molecule has 6 nitrogen and oxygen atoms in total. The Morgan fingerprint density at radius 3 is 2.89 bits per heavy atom. The molecule has 0 aliphatic carbocycles. The molecule has 0 bridgehead atoms. The molecule has 3 aromatic heterocycles. The summed E-state index contributed by atoms with van der Waals surface area (Å²) in [4.78, 5) is 15.6.